The minimum atomic E-state index is 0.335. The SMILES string of the molecule is CCCCCCP1CCCCCCCC1C1CCCCCCCC1. The van der Waals surface area contributed by atoms with Crippen molar-refractivity contribution in [2.45, 2.75) is 128 Å². The first-order chi connectivity index (χ1) is 11.9. The van der Waals surface area contributed by atoms with Crippen molar-refractivity contribution in [3.8, 4) is 0 Å². The Hall–Kier alpha value is 0.430. The van der Waals surface area contributed by atoms with Crippen LogP contribution in [0.15, 0.2) is 0 Å². The summed E-state index contributed by atoms with van der Waals surface area (Å²) in [7, 11) is 0.335. The van der Waals surface area contributed by atoms with Gasteiger partial charge in [0.1, 0.15) is 0 Å². The molecule has 1 heterocycles. The van der Waals surface area contributed by atoms with E-state index in [1.807, 2.05) is 0 Å². The quantitative estimate of drug-likeness (QED) is 0.332. The monoisotopic (exact) mass is 352 g/mol. The van der Waals surface area contributed by atoms with E-state index in [4.69, 9.17) is 0 Å². The van der Waals surface area contributed by atoms with Crippen LogP contribution in [0.25, 0.3) is 0 Å². The van der Waals surface area contributed by atoms with Gasteiger partial charge in [0.15, 0.2) is 0 Å². The van der Waals surface area contributed by atoms with Crippen molar-refractivity contribution >= 4 is 7.92 Å². The van der Waals surface area contributed by atoms with E-state index in [-0.39, 0.29) is 0 Å². The zero-order valence-corrected chi connectivity index (χ0v) is 17.6. The van der Waals surface area contributed by atoms with Crippen molar-refractivity contribution < 1.29 is 0 Å². The first-order valence-corrected chi connectivity index (χ1v) is 13.4. The summed E-state index contributed by atoms with van der Waals surface area (Å²) in [4.78, 5) is 0. The van der Waals surface area contributed by atoms with Crippen molar-refractivity contribution in [2.24, 2.45) is 5.92 Å². The van der Waals surface area contributed by atoms with Crippen molar-refractivity contribution in [2.75, 3.05) is 12.3 Å². The summed E-state index contributed by atoms with van der Waals surface area (Å²) in [6.45, 7) is 2.35. The van der Waals surface area contributed by atoms with Gasteiger partial charge in [-0.25, -0.2) is 0 Å². The summed E-state index contributed by atoms with van der Waals surface area (Å²) in [5.74, 6) is 1.11. The molecule has 1 saturated heterocycles. The van der Waals surface area contributed by atoms with Crippen molar-refractivity contribution in [1.29, 1.82) is 0 Å². The van der Waals surface area contributed by atoms with Gasteiger partial charge in [0, 0.05) is 0 Å². The number of hydrogen-bond donors (Lipinski definition) is 0. The molecule has 0 aromatic carbocycles. The molecule has 2 rings (SSSR count). The van der Waals surface area contributed by atoms with Gasteiger partial charge in [0.2, 0.25) is 0 Å². The first kappa shape index (κ1) is 20.7. The zero-order valence-electron chi connectivity index (χ0n) is 16.7. The Morgan fingerprint density at radius 2 is 1.21 bits per heavy atom. The molecule has 0 N–H and O–H groups in total. The van der Waals surface area contributed by atoms with Crippen LogP contribution >= 0.6 is 7.92 Å². The van der Waals surface area contributed by atoms with E-state index in [0.717, 1.165) is 11.6 Å². The van der Waals surface area contributed by atoms with Gasteiger partial charge in [-0.1, -0.05) is 90.4 Å². The molecule has 0 amide bonds. The van der Waals surface area contributed by atoms with E-state index in [0.29, 0.717) is 7.92 Å². The maximum Gasteiger partial charge on any atom is -0.0181 e. The predicted molar refractivity (Wildman–Crippen MR) is 113 cm³/mol. The molecule has 0 radical (unpaired) electrons. The van der Waals surface area contributed by atoms with E-state index in [2.05, 4.69) is 6.92 Å². The normalized spacial score (nSPS) is 28.9. The lowest BCUT2D eigenvalue weighted by molar-refractivity contribution is 0.390. The lowest BCUT2D eigenvalue weighted by Gasteiger charge is -2.35. The Morgan fingerprint density at radius 1 is 0.625 bits per heavy atom. The van der Waals surface area contributed by atoms with Crippen LogP contribution in [0, 0.1) is 5.92 Å². The summed E-state index contributed by atoms with van der Waals surface area (Å²) in [6, 6.07) is 0. The van der Waals surface area contributed by atoms with E-state index >= 15 is 0 Å². The average molecular weight is 353 g/mol. The fraction of sp³-hybridized carbons (Fsp3) is 1.00. The fourth-order valence-corrected chi connectivity index (χ4v) is 8.74. The standard InChI is InChI=1S/C23H45P/c1-2-3-4-15-20-24-21-16-11-7-10-14-19-23(24)22-17-12-8-5-6-9-13-18-22/h22-23H,2-21H2,1H3. The van der Waals surface area contributed by atoms with Gasteiger partial charge in [0.25, 0.3) is 0 Å². The second-order valence-corrected chi connectivity index (χ2v) is 11.4. The van der Waals surface area contributed by atoms with E-state index in [1.54, 1.807) is 63.7 Å². The highest BCUT2D eigenvalue weighted by Crippen LogP contribution is 2.51. The average Bonchev–Trinajstić information content (AvgIpc) is 2.80. The van der Waals surface area contributed by atoms with Gasteiger partial charge in [-0.2, -0.15) is 0 Å². The van der Waals surface area contributed by atoms with Crippen LogP contribution in [0.5, 0.6) is 0 Å². The van der Waals surface area contributed by atoms with Crippen molar-refractivity contribution in [1.82, 2.24) is 0 Å². The van der Waals surface area contributed by atoms with E-state index < -0.39 is 0 Å². The van der Waals surface area contributed by atoms with Crippen LogP contribution in [0.1, 0.15) is 122 Å². The molecule has 142 valence electrons. The predicted octanol–water partition coefficient (Wildman–Crippen LogP) is 8.52. The summed E-state index contributed by atoms with van der Waals surface area (Å²) in [6.07, 6.45) is 30.8. The number of hydrogen-bond acceptors (Lipinski definition) is 0. The highest BCUT2D eigenvalue weighted by atomic mass is 31.1. The molecule has 0 spiro atoms. The molecule has 1 heteroatoms. The molecule has 1 aliphatic carbocycles. The Labute approximate surface area is 154 Å². The third-order valence-electron chi connectivity index (χ3n) is 6.66. The molecule has 0 nitrogen and oxygen atoms in total. The zero-order chi connectivity index (χ0) is 16.9. The van der Waals surface area contributed by atoms with Crippen LogP contribution in [0.2, 0.25) is 0 Å². The lowest BCUT2D eigenvalue weighted by atomic mass is 9.90. The molecule has 2 fully saturated rings. The smallest absolute Gasteiger partial charge is 0.0181 e. The van der Waals surface area contributed by atoms with E-state index in [9.17, 15) is 0 Å². The largest absolute Gasteiger partial charge is 0.103 e. The maximum atomic E-state index is 2.35. The summed E-state index contributed by atoms with van der Waals surface area (Å²) < 4.78 is 0. The van der Waals surface area contributed by atoms with Gasteiger partial charge >= 0.3 is 0 Å². The third-order valence-corrected chi connectivity index (χ3v) is 10.1. The second-order valence-electron chi connectivity index (χ2n) is 8.68. The van der Waals surface area contributed by atoms with Crippen LogP contribution in [-0.4, -0.2) is 18.0 Å². The Kier molecular flexibility index (Phi) is 11.8. The van der Waals surface area contributed by atoms with E-state index in [1.165, 1.54) is 64.2 Å². The van der Waals surface area contributed by atoms with Crippen LogP contribution in [0.4, 0.5) is 0 Å². The number of rotatable bonds is 6. The molecule has 2 unspecified atom stereocenters. The Bertz CT molecular complexity index is 278. The summed E-state index contributed by atoms with van der Waals surface area (Å²) in [5.41, 5.74) is 1.15. The van der Waals surface area contributed by atoms with Gasteiger partial charge < -0.3 is 0 Å². The minimum Gasteiger partial charge on any atom is -0.103 e. The third kappa shape index (κ3) is 8.21. The summed E-state index contributed by atoms with van der Waals surface area (Å²) in [5, 5.41) is 0. The van der Waals surface area contributed by atoms with Crippen molar-refractivity contribution in [3.63, 3.8) is 0 Å². The molecular weight excluding hydrogens is 307 g/mol. The van der Waals surface area contributed by atoms with Gasteiger partial charge in [-0.05, 0) is 56.0 Å². The molecule has 24 heavy (non-hydrogen) atoms. The molecule has 1 saturated carbocycles. The van der Waals surface area contributed by atoms with Gasteiger partial charge in [0.05, 0.1) is 0 Å². The lowest BCUT2D eigenvalue weighted by Crippen LogP contribution is -2.22. The molecule has 0 aromatic heterocycles. The maximum absolute atomic E-state index is 2.35. The second kappa shape index (κ2) is 13.6. The fourth-order valence-electron chi connectivity index (χ4n) is 5.15. The van der Waals surface area contributed by atoms with Crippen LogP contribution in [-0.2, 0) is 0 Å². The highest BCUT2D eigenvalue weighted by molar-refractivity contribution is 7.58. The Balaban J connectivity index is 1.95. The molecule has 2 aliphatic rings. The van der Waals surface area contributed by atoms with Gasteiger partial charge in [-0.3, -0.25) is 0 Å². The number of unbranched alkanes of at least 4 members (excludes halogenated alkanes) is 3. The van der Waals surface area contributed by atoms with Crippen molar-refractivity contribution in [3.05, 3.63) is 0 Å². The first-order valence-electron chi connectivity index (χ1n) is 11.7. The van der Waals surface area contributed by atoms with Crippen LogP contribution < -0.4 is 0 Å². The molecular formula is C23H45P. The van der Waals surface area contributed by atoms with Crippen LogP contribution in [0.3, 0.4) is 0 Å². The molecule has 1 aliphatic heterocycles. The molecule has 0 aromatic rings. The summed E-state index contributed by atoms with van der Waals surface area (Å²) >= 11 is 0. The highest BCUT2D eigenvalue weighted by Gasteiger charge is 2.28. The molecule has 2 atom stereocenters. The Morgan fingerprint density at radius 3 is 1.88 bits per heavy atom. The van der Waals surface area contributed by atoms with Gasteiger partial charge in [-0.15, -0.1) is 7.92 Å². The molecule has 0 bridgehead atoms. The minimum absolute atomic E-state index is 0.335. The topological polar surface area (TPSA) is 0 Å².